The summed E-state index contributed by atoms with van der Waals surface area (Å²) in [6.07, 6.45) is 6.90. The van der Waals surface area contributed by atoms with Crippen molar-refractivity contribution in [2.45, 2.75) is 51.5 Å². The number of halogens is 1. The van der Waals surface area contributed by atoms with Crippen LogP contribution < -0.4 is 16.0 Å². The van der Waals surface area contributed by atoms with Crippen molar-refractivity contribution >= 4 is 0 Å². The topological polar surface area (TPSA) is 47.3 Å². The van der Waals surface area contributed by atoms with Crippen molar-refractivity contribution in [1.29, 1.82) is 0 Å². The Hall–Kier alpha value is -1.13. The Morgan fingerprint density at radius 2 is 2.00 bits per heavy atom. The van der Waals surface area contributed by atoms with Gasteiger partial charge in [-0.1, -0.05) is 39.0 Å². The Balaban J connectivity index is 2.60. The summed E-state index contributed by atoms with van der Waals surface area (Å²) >= 11 is 0. The molecule has 108 valence electrons. The summed E-state index contributed by atoms with van der Waals surface area (Å²) in [5, 5.41) is 0. The molecule has 1 rings (SSSR count). The molecule has 0 aromatic heterocycles. The van der Waals surface area contributed by atoms with Gasteiger partial charge in [0, 0.05) is 11.6 Å². The maximum absolute atomic E-state index is 13.3. The van der Waals surface area contributed by atoms with E-state index in [0.29, 0.717) is 5.75 Å². The van der Waals surface area contributed by atoms with Crippen molar-refractivity contribution in [3.8, 4) is 5.75 Å². The second-order valence-electron chi connectivity index (χ2n) is 4.81. The van der Waals surface area contributed by atoms with E-state index in [9.17, 15) is 4.39 Å². The lowest BCUT2D eigenvalue weighted by atomic mass is 9.99. The molecule has 0 aliphatic carbocycles. The van der Waals surface area contributed by atoms with Gasteiger partial charge in [0.15, 0.2) is 0 Å². The van der Waals surface area contributed by atoms with Gasteiger partial charge >= 0.3 is 0 Å². The Labute approximate surface area is 115 Å². The standard InChI is InChI=1S/C15H25FN2O/c1-3-4-5-6-7-8-14(18-17)13-11-12(16)9-10-15(13)19-2/h9-11,14,18H,3-8,17H2,1-2H3. The minimum absolute atomic E-state index is 0.0627. The third kappa shape index (κ3) is 5.17. The Morgan fingerprint density at radius 3 is 2.63 bits per heavy atom. The van der Waals surface area contributed by atoms with E-state index in [0.717, 1.165) is 18.4 Å². The maximum atomic E-state index is 13.3. The van der Waals surface area contributed by atoms with Crippen molar-refractivity contribution in [2.24, 2.45) is 5.84 Å². The predicted molar refractivity (Wildman–Crippen MR) is 76.4 cm³/mol. The molecule has 0 saturated heterocycles. The van der Waals surface area contributed by atoms with Crippen LogP contribution in [0.25, 0.3) is 0 Å². The van der Waals surface area contributed by atoms with Gasteiger partial charge in [-0.25, -0.2) is 4.39 Å². The van der Waals surface area contributed by atoms with Crippen molar-refractivity contribution in [2.75, 3.05) is 7.11 Å². The van der Waals surface area contributed by atoms with Crippen LogP contribution in [0.5, 0.6) is 5.75 Å². The van der Waals surface area contributed by atoms with E-state index in [-0.39, 0.29) is 11.9 Å². The van der Waals surface area contributed by atoms with E-state index >= 15 is 0 Å². The number of hydrogen-bond acceptors (Lipinski definition) is 3. The molecule has 0 aliphatic heterocycles. The Kier molecular flexibility index (Phi) is 7.45. The van der Waals surface area contributed by atoms with Gasteiger partial charge in [0.2, 0.25) is 0 Å². The lowest BCUT2D eigenvalue weighted by Crippen LogP contribution is -2.28. The lowest BCUT2D eigenvalue weighted by Gasteiger charge is -2.19. The third-order valence-corrected chi connectivity index (χ3v) is 3.36. The molecule has 19 heavy (non-hydrogen) atoms. The fraction of sp³-hybridized carbons (Fsp3) is 0.600. The highest BCUT2D eigenvalue weighted by atomic mass is 19.1. The van der Waals surface area contributed by atoms with E-state index in [1.165, 1.54) is 37.8 Å². The first kappa shape index (κ1) is 15.9. The second kappa shape index (κ2) is 8.88. The quantitative estimate of drug-likeness (QED) is 0.408. The number of unbranched alkanes of at least 4 members (excludes halogenated alkanes) is 4. The molecule has 0 aliphatic rings. The highest BCUT2D eigenvalue weighted by molar-refractivity contribution is 5.36. The summed E-state index contributed by atoms with van der Waals surface area (Å²) in [7, 11) is 1.59. The molecule has 0 amide bonds. The largest absolute Gasteiger partial charge is 0.496 e. The van der Waals surface area contributed by atoms with Gasteiger partial charge < -0.3 is 4.74 Å². The van der Waals surface area contributed by atoms with Crippen molar-refractivity contribution in [3.63, 3.8) is 0 Å². The predicted octanol–water partition coefficient (Wildman–Crippen LogP) is 3.70. The van der Waals surface area contributed by atoms with E-state index in [4.69, 9.17) is 10.6 Å². The van der Waals surface area contributed by atoms with Crippen LogP contribution in [-0.2, 0) is 0 Å². The lowest BCUT2D eigenvalue weighted by molar-refractivity contribution is 0.390. The minimum Gasteiger partial charge on any atom is -0.496 e. The molecule has 0 spiro atoms. The average Bonchev–Trinajstić information content (AvgIpc) is 2.43. The summed E-state index contributed by atoms with van der Waals surface area (Å²) in [5.41, 5.74) is 3.56. The molecule has 0 bridgehead atoms. The zero-order valence-electron chi connectivity index (χ0n) is 11.9. The zero-order valence-corrected chi connectivity index (χ0v) is 11.9. The van der Waals surface area contributed by atoms with Crippen LogP contribution in [0.4, 0.5) is 4.39 Å². The van der Waals surface area contributed by atoms with Gasteiger partial charge in [-0.2, -0.15) is 0 Å². The van der Waals surface area contributed by atoms with E-state index in [2.05, 4.69) is 12.3 Å². The average molecular weight is 268 g/mol. The van der Waals surface area contributed by atoms with E-state index in [1.807, 2.05) is 0 Å². The van der Waals surface area contributed by atoms with Gasteiger partial charge in [0.25, 0.3) is 0 Å². The zero-order chi connectivity index (χ0) is 14.1. The molecule has 1 unspecified atom stereocenters. The molecule has 0 heterocycles. The first-order valence-electron chi connectivity index (χ1n) is 7.02. The fourth-order valence-electron chi connectivity index (χ4n) is 2.26. The van der Waals surface area contributed by atoms with Crippen LogP contribution in [0, 0.1) is 5.82 Å². The number of benzene rings is 1. The summed E-state index contributed by atoms with van der Waals surface area (Å²) < 4.78 is 18.6. The normalized spacial score (nSPS) is 12.4. The summed E-state index contributed by atoms with van der Waals surface area (Å²) in [6.45, 7) is 2.20. The van der Waals surface area contributed by atoms with Crippen LogP contribution in [0.2, 0.25) is 0 Å². The van der Waals surface area contributed by atoms with Crippen molar-refractivity contribution in [1.82, 2.24) is 5.43 Å². The number of hydrogen-bond donors (Lipinski definition) is 2. The molecule has 0 saturated carbocycles. The van der Waals surface area contributed by atoms with Gasteiger partial charge in [-0.05, 0) is 24.6 Å². The van der Waals surface area contributed by atoms with Crippen molar-refractivity contribution in [3.05, 3.63) is 29.6 Å². The molecule has 1 atom stereocenters. The minimum atomic E-state index is -0.262. The van der Waals surface area contributed by atoms with Gasteiger partial charge in [0.05, 0.1) is 7.11 Å². The van der Waals surface area contributed by atoms with Crippen molar-refractivity contribution < 1.29 is 9.13 Å². The number of methoxy groups -OCH3 is 1. The molecule has 0 fully saturated rings. The molecule has 4 heteroatoms. The molecule has 1 aromatic carbocycles. The highest BCUT2D eigenvalue weighted by Crippen LogP contribution is 2.29. The summed E-state index contributed by atoms with van der Waals surface area (Å²) in [5.74, 6) is 6.01. The first-order chi connectivity index (χ1) is 9.22. The molecular formula is C15H25FN2O. The molecule has 3 N–H and O–H groups in total. The van der Waals surface area contributed by atoms with Crippen LogP contribution in [-0.4, -0.2) is 7.11 Å². The van der Waals surface area contributed by atoms with Gasteiger partial charge in [-0.15, -0.1) is 0 Å². The second-order valence-corrected chi connectivity index (χ2v) is 4.81. The maximum Gasteiger partial charge on any atom is 0.123 e. The highest BCUT2D eigenvalue weighted by Gasteiger charge is 2.15. The number of nitrogens with two attached hydrogens (primary N) is 1. The number of hydrazine groups is 1. The number of ether oxygens (including phenoxy) is 1. The number of rotatable bonds is 9. The van der Waals surface area contributed by atoms with Gasteiger partial charge in [-0.3, -0.25) is 11.3 Å². The number of nitrogens with one attached hydrogen (secondary N) is 1. The third-order valence-electron chi connectivity index (χ3n) is 3.36. The fourth-order valence-corrected chi connectivity index (χ4v) is 2.26. The van der Waals surface area contributed by atoms with E-state index in [1.54, 1.807) is 13.2 Å². The van der Waals surface area contributed by atoms with Crippen LogP contribution >= 0.6 is 0 Å². The molecule has 1 aromatic rings. The smallest absolute Gasteiger partial charge is 0.123 e. The molecule has 0 radical (unpaired) electrons. The molecule has 3 nitrogen and oxygen atoms in total. The van der Waals surface area contributed by atoms with Crippen LogP contribution in [0.3, 0.4) is 0 Å². The monoisotopic (exact) mass is 268 g/mol. The summed E-state index contributed by atoms with van der Waals surface area (Å²) in [6, 6.07) is 4.48. The van der Waals surface area contributed by atoms with Gasteiger partial charge in [0.1, 0.15) is 11.6 Å². The SMILES string of the molecule is CCCCCCCC(NN)c1cc(F)ccc1OC. The van der Waals surface area contributed by atoms with E-state index < -0.39 is 0 Å². The van der Waals surface area contributed by atoms with Crippen LogP contribution in [0.15, 0.2) is 18.2 Å². The molecular weight excluding hydrogens is 243 g/mol. The van der Waals surface area contributed by atoms with Crippen LogP contribution in [0.1, 0.15) is 57.1 Å². The Bertz CT molecular complexity index is 371. The Morgan fingerprint density at radius 1 is 1.26 bits per heavy atom. The summed E-state index contributed by atoms with van der Waals surface area (Å²) in [4.78, 5) is 0. The first-order valence-corrected chi connectivity index (χ1v) is 7.02.